The molecule has 2 N–H and O–H groups in total. The summed E-state index contributed by atoms with van der Waals surface area (Å²) in [5.41, 5.74) is 3.86. The van der Waals surface area contributed by atoms with Gasteiger partial charge < -0.3 is 19.9 Å². The van der Waals surface area contributed by atoms with Gasteiger partial charge in [0.1, 0.15) is 6.61 Å². The van der Waals surface area contributed by atoms with E-state index in [9.17, 15) is 9.59 Å². The molecule has 6 nitrogen and oxygen atoms in total. The minimum absolute atomic E-state index is 0.0475. The normalized spacial score (nSPS) is 16.7. The first kappa shape index (κ1) is 19.2. The topological polar surface area (TPSA) is 74.4 Å². The fourth-order valence-corrected chi connectivity index (χ4v) is 3.87. The zero-order valence-corrected chi connectivity index (χ0v) is 16.5. The lowest BCUT2D eigenvalue weighted by atomic mass is 9.97. The molecule has 2 aromatic carbocycles. The smallest absolute Gasteiger partial charge is 0.248 e. The Morgan fingerprint density at radius 3 is 2.86 bits per heavy atom. The number of likely N-dealkylation sites (tertiary alicyclic amines) is 1. The van der Waals surface area contributed by atoms with Gasteiger partial charge in [0.15, 0.2) is 0 Å². The van der Waals surface area contributed by atoms with Crippen molar-refractivity contribution in [3.05, 3.63) is 54.6 Å². The quantitative estimate of drug-likeness (QED) is 0.697. The highest BCUT2D eigenvalue weighted by atomic mass is 16.5. The van der Waals surface area contributed by atoms with Gasteiger partial charge in [-0.1, -0.05) is 30.3 Å². The summed E-state index contributed by atoms with van der Waals surface area (Å²) < 4.78 is 4.93. The van der Waals surface area contributed by atoms with Gasteiger partial charge in [0.05, 0.1) is 5.92 Å². The lowest BCUT2D eigenvalue weighted by Crippen LogP contribution is -2.45. The van der Waals surface area contributed by atoms with E-state index in [0.29, 0.717) is 13.1 Å². The summed E-state index contributed by atoms with van der Waals surface area (Å²) in [5.74, 6) is -0.319. The number of nitrogens with one attached hydrogen (secondary N) is 2. The summed E-state index contributed by atoms with van der Waals surface area (Å²) in [4.78, 5) is 30.0. The fourth-order valence-electron chi connectivity index (χ4n) is 3.87. The molecule has 4 rings (SSSR count). The molecule has 0 saturated carbocycles. The molecule has 0 spiro atoms. The fraction of sp³-hybridized carbons (Fsp3) is 0.304. The van der Waals surface area contributed by atoms with E-state index in [-0.39, 0.29) is 24.3 Å². The zero-order chi connectivity index (χ0) is 20.2. The molecule has 1 aliphatic rings. The molecule has 29 heavy (non-hydrogen) atoms. The maximum Gasteiger partial charge on any atom is 0.248 e. The number of carbonyl (C=O) groups excluding carboxylic acids is 2. The molecule has 3 aromatic rings. The third-order valence-electron chi connectivity index (χ3n) is 5.38. The van der Waals surface area contributed by atoms with Crippen LogP contribution in [0.4, 0.5) is 5.69 Å². The van der Waals surface area contributed by atoms with Crippen molar-refractivity contribution in [2.24, 2.45) is 5.92 Å². The summed E-state index contributed by atoms with van der Waals surface area (Å²) in [6.07, 6.45) is 1.60. The predicted molar refractivity (Wildman–Crippen MR) is 114 cm³/mol. The summed E-state index contributed by atoms with van der Waals surface area (Å²) in [5, 5.41) is 4.18. The molecule has 6 heteroatoms. The van der Waals surface area contributed by atoms with E-state index >= 15 is 0 Å². The second kappa shape index (κ2) is 8.49. The Hall–Kier alpha value is -3.12. The molecule has 1 atom stereocenters. The standard InChI is InChI=1S/C23H25N3O3/c1-29-15-22(27)26-11-5-8-18(14-26)23(28)24-19-9-4-7-16(12-19)21-13-17-6-2-3-10-20(17)25-21/h2-4,6-7,9-10,12-13,18,25H,5,8,11,14-15H2,1H3,(H,24,28)/t18-/m0/s1. The van der Waals surface area contributed by atoms with Crippen LogP contribution in [0.3, 0.4) is 0 Å². The molecule has 1 aliphatic heterocycles. The van der Waals surface area contributed by atoms with Gasteiger partial charge in [0, 0.05) is 48.0 Å². The Balaban J connectivity index is 1.46. The first-order valence-corrected chi connectivity index (χ1v) is 9.90. The number of benzene rings is 2. The van der Waals surface area contributed by atoms with Crippen LogP contribution in [0.1, 0.15) is 12.8 Å². The van der Waals surface area contributed by atoms with Crippen LogP contribution >= 0.6 is 0 Å². The van der Waals surface area contributed by atoms with Gasteiger partial charge in [-0.3, -0.25) is 9.59 Å². The van der Waals surface area contributed by atoms with E-state index in [0.717, 1.165) is 40.7 Å². The monoisotopic (exact) mass is 391 g/mol. The van der Waals surface area contributed by atoms with Crippen LogP contribution in [0.5, 0.6) is 0 Å². The number of H-pyrrole nitrogens is 1. The lowest BCUT2D eigenvalue weighted by Gasteiger charge is -2.32. The van der Waals surface area contributed by atoms with Crippen LogP contribution in [-0.4, -0.2) is 48.5 Å². The molecule has 2 heterocycles. The predicted octanol–water partition coefficient (Wildman–Crippen LogP) is 3.66. The van der Waals surface area contributed by atoms with E-state index in [1.165, 1.54) is 7.11 Å². The maximum atomic E-state index is 12.8. The van der Waals surface area contributed by atoms with Crippen molar-refractivity contribution in [3.63, 3.8) is 0 Å². The van der Waals surface area contributed by atoms with E-state index in [1.807, 2.05) is 42.5 Å². The van der Waals surface area contributed by atoms with Crippen molar-refractivity contribution in [3.8, 4) is 11.3 Å². The molecule has 0 bridgehead atoms. The van der Waals surface area contributed by atoms with Gasteiger partial charge in [-0.15, -0.1) is 0 Å². The lowest BCUT2D eigenvalue weighted by molar-refractivity contribution is -0.138. The van der Waals surface area contributed by atoms with Gasteiger partial charge >= 0.3 is 0 Å². The minimum atomic E-state index is -0.207. The van der Waals surface area contributed by atoms with Crippen LogP contribution in [0, 0.1) is 5.92 Å². The third-order valence-corrected chi connectivity index (χ3v) is 5.38. The van der Waals surface area contributed by atoms with Crippen LogP contribution in [-0.2, 0) is 14.3 Å². The number of nitrogens with zero attached hydrogens (tertiary/aromatic N) is 1. The highest BCUT2D eigenvalue weighted by molar-refractivity contribution is 5.94. The number of ether oxygens (including phenoxy) is 1. The molecule has 0 aliphatic carbocycles. The number of para-hydroxylation sites is 1. The van der Waals surface area contributed by atoms with Crippen molar-refractivity contribution in [1.82, 2.24) is 9.88 Å². The van der Waals surface area contributed by atoms with E-state index < -0.39 is 0 Å². The summed E-state index contributed by atoms with van der Waals surface area (Å²) >= 11 is 0. The summed E-state index contributed by atoms with van der Waals surface area (Å²) in [6.45, 7) is 1.18. The average molecular weight is 391 g/mol. The van der Waals surface area contributed by atoms with Crippen LogP contribution < -0.4 is 5.32 Å². The number of hydrogen-bond donors (Lipinski definition) is 2. The van der Waals surface area contributed by atoms with E-state index in [4.69, 9.17) is 4.74 Å². The second-order valence-corrected chi connectivity index (χ2v) is 7.45. The van der Waals surface area contributed by atoms with Crippen LogP contribution in [0.25, 0.3) is 22.2 Å². The molecule has 0 unspecified atom stereocenters. The van der Waals surface area contributed by atoms with E-state index in [1.54, 1.807) is 4.90 Å². The highest BCUT2D eigenvalue weighted by Gasteiger charge is 2.28. The Labute approximate surface area is 169 Å². The highest BCUT2D eigenvalue weighted by Crippen LogP contribution is 2.27. The number of aromatic nitrogens is 1. The number of hydrogen-bond acceptors (Lipinski definition) is 3. The summed E-state index contributed by atoms with van der Waals surface area (Å²) in [6, 6.07) is 18.1. The van der Waals surface area contributed by atoms with Gasteiger partial charge in [-0.2, -0.15) is 0 Å². The third kappa shape index (κ3) is 4.32. The molecular formula is C23H25N3O3. The van der Waals surface area contributed by atoms with Gasteiger partial charge in [0.25, 0.3) is 0 Å². The SMILES string of the molecule is COCC(=O)N1CCC[C@H](C(=O)Nc2cccc(-c3cc4ccccc4[nH]3)c2)C1. The molecule has 2 amide bonds. The molecular weight excluding hydrogens is 366 g/mol. The van der Waals surface area contributed by atoms with Gasteiger partial charge in [0.2, 0.25) is 11.8 Å². The Bertz CT molecular complexity index is 994. The van der Waals surface area contributed by atoms with E-state index in [2.05, 4.69) is 22.4 Å². The largest absolute Gasteiger partial charge is 0.375 e. The van der Waals surface area contributed by atoms with Crippen molar-refractivity contribution < 1.29 is 14.3 Å². The van der Waals surface area contributed by atoms with Crippen molar-refractivity contribution in [2.45, 2.75) is 12.8 Å². The number of carbonyl (C=O) groups is 2. The number of fused-ring (bicyclic) bond motifs is 1. The number of rotatable bonds is 5. The van der Waals surface area contributed by atoms with Gasteiger partial charge in [-0.05, 0) is 37.1 Å². The first-order chi connectivity index (χ1) is 14.1. The molecule has 1 aromatic heterocycles. The summed E-state index contributed by atoms with van der Waals surface area (Å²) in [7, 11) is 1.51. The molecule has 150 valence electrons. The number of aromatic amines is 1. The minimum Gasteiger partial charge on any atom is -0.375 e. The Morgan fingerprint density at radius 2 is 2.03 bits per heavy atom. The number of amides is 2. The molecule has 1 saturated heterocycles. The van der Waals surface area contributed by atoms with Crippen molar-refractivity contribution in [1.29, 1.82) is 0 Å². The van der Waals surface area contributed by atoms with Crippen molar-refractivity contribution >= 4 is 28.4 Å². The maximum absolute atomic E-state index is 12.8. The zero-order valence-electron chi connectivity index (χ0n) is 16.5. The van der Waals surface area contributed by atoms with Crippen LogP contribution in [0.15, 0.2) is 54.6 Å². The first-order valence-electron chi connectivity index (χ1n) is 9.90. The van der Waals surface area contributed by atoms with Crippen molar-refractivity contribution in [2.75, 3.05) is 32.1 Å². The Morgan fingerprint density at radius 1 is 1.17 bits per heavy atom. The molecule has 0 radical (unpaired) electrons. The number of piperidine rings is 1. The molecule has 1 fully saturated rings. The second-order valence-electron chi connectivity index (χ2n) is 7.45. The number of methoxy groups -OCH3 is 1. The average Bonchev–Trinajstić information content (AvgIpc) is 3.19. The Kier molecular flexibility index (Phi) is 5.62. The number of anilines is 1. The van der Waals surface area contributed by atoms with Crippen LogP contribution in [0.2, 0.25) is 0 Å². The van der Waals surface area contributed by atoms with Gasteiger partial charge in [-0.25, -0.2) is 0 Å².